The minimum atomic E-state index is -3.29. The Labute approximate surface area is 90.8 Å². The predicted octanol–water partition coefficient (Wildman–Crippen LogP) is 0.181. The lowest BCUT2D eigenvalue weighted by molar-refractivity contribution is 0.313. The predicted molar refractivity (Wildman–Crippen MR) is 59.3 cm³/mol. The molecule has 0 radical (unpaired) electrons. The van der Waals surface area contributed by atoms with E-state index in [1.54, 1.807) is 20.8 Å². The smallest absolute Gasteiger partial charge is 0.216 e. The Balaban J connectivity index is 4.66. The normalized spacial score (nSPS) is 16.0. The van der Waals surface area contributed by atoms with Crippen molar-refractivity contribution in [2.75, 3.05) is 7.05 Å². The van der Waals surface area contributed by atoms with Gasteiger partial charge in [-0.05, 0) is 20.8 Å². The van der Waals surface area contributed by atoms with Crippen molar-refractivity contribution >= 4 is 15.9 Å². The Hall–Kier alpha value is -0.820. The second-order valence-corrected chi connectivity index (χ2v) is 6.30. The maximum Gasteiger partial charge on any atom is 0.216 e. The fourth-order valence-electron chi connectivity index (χ4n) is 1.06. The summed E-state index contributed by atoms with van der Waals surface area (Å²) in [6, 6.07) is -0.326. The van der Waals surface area contributed by atoms with Crippen LogP contribution in [0.1, 0.15) is 27.2 Å². The third kappa shape index (κ3) is 3.67. The average molecular weight is 237 g/mol. The Morgan fingerprint density at radius 3 is 2.27 bits per heavy atom. The molecule has 0 spiro atoms. The molecule has 0 aromatic carbocycles. The van der Waals surface area contributed by atoms with Gasteiger partial charge < -0.3 is 10.9 Å². The fourth-order valence-corrected chi connectivity index (χ4v) is 2.30. The van der Waals surface area contributed by atoms with Gasteiger partial charge >= 0.3 is 0 Å². The van der Waals surface area contributed by atoms with Crippen molar-refractivity contribution < 1.29 is 13.6 Å². The lowest BCUT2D eigenvalue weighted by Gasteiger charge is -2.25. The van der Waals surface area contributed by atoms with Gasteiger partial charge in [0, 0.05) is 19.5 Å². The highest BCUT2D eigenvalue weighted by Gasteiger charge is 2.26. The highest BCUT2D eigenvalue weighted by molar-refractivity contribution is 7.89. The summed E-state index contributed by atoms with van der Waals surface area (Å²) in [6.07, 6.45) is 0.207. The second-order valence-electron chi connectivity index (χ2n) is 3.75. The molecule has 0 saturated carbocycles. The van der Waals surface area contributed by atoms with Gasteiger partial charge in [0.25, 0.3) is 0 Å². The molecule has 0 aliphatic heterocycles. The summed E-state index contributed by atoms with van der Waals surface area (Å²) < 4.78 is 24.7. The number of hydrogen-bond acceptors (Lipinski definition) is 4. The Bertz CT molecular complexity index is 324. The number of amidine groups is 1. The molecule has 0 bridgehead atoms. The zero-order valence-electron chi connectivity index (χ0n) is 9.51. The first-order chi connectivity index (χ1) is 6.73. The van der Waals surface area contributed by atoms with E-state index in [2.05, 4.69) is 5.16 Å². The molecule has 0 aliphatic rings. The molecule has 0 aliphatic carbocycles. The van der Waals surface area contributed by atoms with E-state index in [1.807, 2.05) is 0 Å². The molecular formula is C8H19N3O3S. The lowest BCUT2D eigenvalue weighted by Crippen LogP contribution is -2.41. The zero-order valence-corrected chi connectivity index (χ0v) is 10.3. The van der Waals surface area contributed by atoms with Gasteiger partial charge in [0.1, 0.15) is 5.84 Å². The van der Waals surface area contributed by atoms with Crippen LogP contribution in [0.4, 0.5) is 0 Å². The third-order valence-electron chi connectivity index (χ3n) is 2.25. The van der Waals surface area contributed by atoms with Crippen molar-refractivity contribution in [1.29, 1.82) is 0 Å². The van der Waals surface area contributed by atoms with Crippen molar-refractivity contribution in [3.8, 4) is 0 Å². The molecule has 0 heterocycles. The topological polar surface area (TPSA) is 96.0 Å². The molecule has 0 aromatic heterocycles. The van der Waals surface area contributed by atoms with E-state index in [4.69, 9.17) is 10.9 Å². The van der Waals surface area contributed by atoms with Crippen LogP contribution in [0.15, 0.2) is 5.16 Å². The van der Waals surface area contributed by atoms with Gasteiger partial charge in [0.15, 0.2) is 0 Å². The first-order valence-electron chi connectivity index (χ1n) is 4.66. The van der Waals surface area contributed by atoms with Crippen LogP contribution in [0.25, 0.3) is 0 Å². The monoisotopic (exact) mass is 237 g/mol. The standard InChI is InChI=1S/C8H19N3O3S/c1-6(2)15(13,14)11(4)7(3)5-8(9)10-12/h6-7,12H,5H2,1-4H3,(H2,9,10). The van der Waals surface area contributed by atoms with Gasteiger partial charge in [-0.15, -0.1) is 0 Å². The van der Waals surface area contributed by atoms with E-state index in [-0.39, 0.29) is 18.3 Å². The molecule has 1 unspecified atom stereocenters. The Morgan fingerprint density at radius 1 is 1.47 bits per heavy atom. The average Bonchev–Trinajstić information content (AvgIpc) is 2.15. The van der Waals surface area contributed by atoms with Crippen LogP contribution in [0.2, 0.25) is 0 Å². The Kier molecular flexibility index (Phi) is 5.02. The van der Waals surface area contributed by atoms with Crippen molar-refractivity contribution in [3.63, 3.8) is 0 Å². The fraction of sp³-hybridized carbons (Fsp3) is 0.875. The molecule has 0 rings (SSSR count). The molecule has 6 nitrogen and oxygen atoms in total. The highest BCUT2D eigenvalue weighted by atomic mass is 32.2. The highest BCUT2D eigenvalue weighted by Crippen LogP contribution is 2.12. The quantitative estimate of drug-likeness (QED) is 0.308. The molecule has 1 atom stereocenters. The molecule has 0 amide bonds. The molecule has 7 heteroatoms. The maximum absolute atomic E-state index is 11.7. The summed E-state index contributed by atoms with van der Waals surface area (Å²) in [5, 5.41) is 10.7. The summed E-state index contributed by atoms with van der Waals surface area (Å²) >= 11 is 0. The van der Waals surface area contributed by atoms with E-state index in [0.717, 1.165) is 0 Å². The third-order valence-corrected chi connectivity index (χ3v) is 4.60. The molecule has 15 heavy (non-hydrogen) atoms. The summed E-state index contributed by atoms with van der Waals surface area (Å²) in [5.41, 5.74) is 5.31. The maximum atomic E-state index is 11.7. The van der Waals surface area contributed by atoms with Crippen molar-refractivity contribution in [2.45, 2.75) is 38.5 Å². The summed E-state index contributed by atoms with van der Waals surface area (Å²) in [6.45, 7) is 4.93. The van der Waals surface area contributed by atoms with Gasteiger partial charge in [-0.1, -0.05) is 5.16 Å². The molecule has 0 fully saturated rings. The minimum absolute atomic E-state index is 0.0216. The van der Waals surface area contributed by atoms with Gasteiger partial charge in [-0.3, -0.25) is 0 Å². The van der Waals surface area contributed by atoms with Crippen molar-refractivity contribution in [2.24, 2.45) is 10.9 Å². The van der Waals surface area contributed by atoms with E-state index in [0.29, 0.717) is 0 Å². The molecule has 3 N–H and O–H groups in total. The lowest BCUT2D eigenvalue weighted by atomic mass is 10.2. The van der Waals surface area contributed by atoms with E-state index >= 15 is 0 Å². The second kappa shape index (κ2) is 5.32. The molecule has 90 valence electrons. The van der Waals surface area contributed by atoms with E-state index < -0.39 is 15.3 Å². The Morgan fingerprint density at radius 2 is 1.93 bits per heavy atom. The number of rotatable bonds is 5. The number of hydrogen-bond donors (Lipinski definition) is 2. The number of nitrogens with zero attached hydrogens (tertiary/aromatic N) is 2. The largest absolute Gasteiger partial charge is 0.409 e. The zero-order chi connectivity index (χ0) is 12.2. The van der Waals surface area contributed by atoms with Crippen LogP contribution in [0, 0.1) is 0 Å². The van der Waals surface area contributed by atoms with Crippen LogP contribution >= 0.6 is 0 Å². The summed E-state index contributed by atoms with van der Waals surface area (Å²) in [4.78, 5) is 0. The van der Waals surface area contributed by atoms with Crippen molar-refractivity contribution in [1.82, 2.24) is 4.31 Å². The number of nitrogens with two attached hydrogens (primary N) is 1. The van der Waals surface area contributed by atoms with Crippen molar-refractivity contribution in [3.05, 3.63) is 0 Å². The van der Waals surface area contributed by atoms with Crippen LogP contribution in [-0.4, -0.2) is 42.1 Å². The minimum Gasteiger partial charge on any atom is -0.409 e. The van der Waals surface area contributed by atoms with Crippen LogP contribution in [0.3, 0.4) is 0 Å². The first kappa shape index (κ1) is 14.2. The van der Waals surface area contributed by atoms with E-state index in [1.165, 1.54) is 11.4 Å². The first-order valence-corrected chi connectivity index (χ1v) is 6.17. The van der Waals surface area contributed by atoms with Crippen LogP contribution in [-0.2, 0) is 10.0 Å². The SMILES string of the molecule is CC(CC(N)=NO)N(C)S(=O)(=O)C(C)C. The molecule has 0 aromatic rings. The van der Waals surface area contributed by atoms with Gasteiger partial charge in [-0.25, -0.2) is 12.7 Å². The van der Waals surface area contributed by atoms with Gasteiger partial charge in [-0.2, -0.15) is 0 Å². The molecule has 0 saturated heterocycles. The number of sulfonamides is 1. The van der Waals surface area contributed by atoms with E-state index in [9.17, 15) is 8.42 Å². The van der Waals surface area contributed by atoms with Crippen LogP contribution < -0.4 is 5.73 Å². The van der Waals surface area contributed by atoms with Gasteiger partial charge in [0.2, 0.25) is 10.0 Å². The molecular weight excluding hydrogens is 218 g/mol. The number of oxime groups is 1. The van der Waals surface area contributed by atoms with Crippen LogP contribution in [0.5, 0.6) is 0 Å². The summed E-state index contributed by atoms with van der Waals surface area (Å²) in [7, 11) is -1.80. The van der Waals surface area contributed by atoms with Gasteiger partial charge in [0.05, 0.1) is 5.25 Å². The summed E-state index contributed by atoms with van der Waals surface area (Å²) in [5.74, 6) is 0.0216.